The molecule has 3 aliphatic rings. The van der Waals surface area contributed by atoms with Gasteiger partial charge in [0.2, 0.25) is 0 Å². The highest BCUT2D eigenvalue weighted by molar-refractivity contribution is 6.11. The first-order chi connectivity index (χ1) is 15.6. The smallest absolute Gasteiger partial charge is 0.337 e. The number of hydrogen-bond donors (Lipinski definition) is 0. The fourth-order valence-corrected chi connectivity index (χ4v) is 5.01. The van der Waals surface area contributed by atoms with Gasteiger partial charge in [-0.15, -0.1) is 0 Å². The summed E-state index contributed by atoms with van der Waals surface area (Å²) < 4.78 is 11.0. The number of benzene rings is 1. The molecule has 2 aliphatic heterocycles. The summed E-state index contributed by atoms with van der Waals surface area (Å²) in [6, 6.07) is 10.0. The molecule has 7 heteroatoms. The second-order valence-corrected chi connectivity index (χ2v) is 8.46. The van der Waals surface area contributed by atoms with Crippen LogP contribution >= 0.6 is 0 Å². The number of Topliss-reactive ketones (excluding diaryl/α,β-unsaturated/α-hetero) is 1. The van der Waals surface area contributed by atoms with Gasteiger partial charge < -0.3 is 14.4 Å². The van der Waals surface area contributed by atoms with Gasteiger partial charge in [0.1, 0.15) is 6.10 Å². The first-order valence-electron chi connectivity index (χ1n) is 10.9. The number of hydrogen-bond acceptors (Lipinski definition) is 6. The summed E-state index contributed by atoms with van der Waals surface area (Å²) in [7, 11) is 1.33. The number of ketones is 1. The Bertz CT molecular complexity index is 1090. The lowest BCUT2D eigenvalue weighted by Gasteiger charge is -2.35. The Morgan fingerprint density at radius 3 is 2.66 bits per heavy atom. The summed E-state index contributed by atoms with van der Waals surface area (Å²) in [6.07, 6.45) is 6.74. The van der Waals surface area contributed by atoms with Gasteiger partial charge in [-0.1, -0.05) is 24.6 Å². The van der Waals surface area contributed by atoms with E-state index in [0.29, 0.717) is 17.7 Å². The molecule has 0 saturated heterocycles. The van der Waals surface area contributed by atoms with Gasteiger partial charge in [0.15, 0.2) is 11.5 Å². The second-order valence-electron chi connectivity index (χ2n) is 8.46. The Balaban J connectivity index is 1.56. The molecule has 1 amide bonds. The molecule has 1 fully saturated rings. The maximum absolute atomic E-state index is 13.6. The summed E-state index contributed by atoms with van der Waals surface area (Å²) >= 11 is 0. The van der Waals surface area contributed by atoms with Crippen molar-refractivity contribution in [2.45, 2.75) is 44.4 Å². The summed E-state index contributed by atoms with van der Waals surface area (Å²) in [5.74, 6) is -0.717. The Morgan fingerprint density at radius 1 is 1.16 bits per heavy atom. The topological polar surface area (TPSA) is 85.8 Å². The van der Waals surface area contributed by atoms with Gasteiger partial charge in [-0.05, 0) is 48.6 Å². The van der Waals surface area contributed by atoms with E-state index in [4.69, 9.17) is 9.47 Å². The first-order valence-corrected chi connectivity index (χ1v) is 10.9. The molecule has 0 N–H and O–H groups in total. The average Bonchev–Trinajstić information content (AvgIpc) is 3.11. The van der Waals surface area contributed by atoms with Crippen molar-refractivity contribution in [2.75, 3.05) is 7.11 Å². The number of aromatic nitrogens is 1. The number of fused-ring (bicyclic) bond motifs is 1. The van der Waals surface area contributed by atoms with Crippen LogP contribution in [-0.4, -0.2) is 40.8 Å². The van der Waals surface area contributed by atoms with Crippen LogP contribution in [0.5, 0.6) is 0 Å². The van der Waals surface area contributed by atoms with Crippen LogP contribution in [-0.2, 0) is 25.6 Å². The summed E-state index contributed by atoms with van der Waals surface area (Å²) in [5.41, 5.74) is 2.47. The molecule has 2 aromatic rings. The third-order valence-corrected chi connectivity index (χ3v) is 6.58. The van der Waals surface area contributed by atoms with Gasteiger partial charge in [-0.2, -0.15) is 0 Å². The van der Waals surface area contributed by atoms with E-state index in [9.17, 15) is 14.4 Å². The van der Waals surface area contributed by atoms with Crippen molar-refractivity contribution < 1.29 is 23.9 Å². The quantitative estimate of drug-likeness (QED) is 0.689. The Kier molecular flexibility index (Phi) is 5.25. The van der Waals surface area contributed by atoms with Crippen LogP contribution in [0.15, 0.2) is 60.1 Å². The molecule has 3 unspecified atom stereocenters. The molecule has 1 aliphatic carbocycles. The van der Waals surface area contributed by atoms with Crippen molar-refractivity contribution in [2.24, 2.45) is 5.92 Å². The minimum absolute atomic E-state index is 0.0139. The van der Waals surface area contributed by atoms with E-state index in [0.717, 1.165) is 36.8 Å². The second kappa shape index (κ2) is 8.22. The van der Waals surface area contributed by atoms with E-state index >= 15 is 0 Å². The molecule has 1 saturated carbocycles. The van der Waals surface area contributed by atoms with Crippen molar-refractivity contribution in [3.63, 3.8) is 0 Å². The van der Waals surface area contributed by atoms with E-state index in [1.54, 1.807) is 41.6 Å². The van der Waals surface area contributed by atoms with Gasteiger partial charge in [-0.25, -0.2) is 4.79 Å². The number of methoxy groups -OCH3 is 1. The zero-order valence-corrected chi connectivity index (χ0v) is 17.8. The SMILES string of the molecule is COC(=O)c1ccc(C2C3=C(OC4CCCCC4C3=O)C(=O)N2Cc2cccnc2)cc1. The number of nitrogens with zero attached hydrogens (tertiary/aromatic N) is 2. The molecule has 0 radical (unpaired) electrons. The molecule has 164 valence electrons. The van der Waals surface area contributed by atoms with Crippen molar-refractivity contribution in [1.29, 1.82) is 0 Å². The largest absolute Gasteiger partial charge is 0.483 e. The van der Waals surface area contributed by atoms with Crippen molar-refractivity contribution >= 4 is 17.7 Å². The molecule has 1 aromatic heterocycles. The first kappa shape index (κ1) is 20.4. The van der Waals surface area contributed by atoms with Crippen molar-refractivity contribution in [3.05, 3.63) is 76.8 Å². The number of ether oxygens (including phenoxy) is 2. The molecule has 1 aromatic carbocycles. The van der Waals surface area contributed by atoms with Crippen LogP contribution in [0, 0.1) is 5.92 Å². The predicted octanol–water partition coefficient (Wildman–Crippen LogP) is 3.36. The maximum Gasteiger partial charge on any atom is 0.337 e. The molecule has 5 rings (SSSR count). The van der Waals surface area contributed by atoms with Gasteiger partial charge in [0.25, 0.3) is 5.91 Å². The van der Waals surface area contributed by atoms with E-state index in [2.05, 4.69) is 4.98 Å². The van der Waals surface area contributed by atoms with Crippen molar-refractivity contribution in [1.82, 2.24) is 9.88 Å². The van der Waals surface area contributed by atoms with Crippen molar-refractivity contribution in [3.8, 4) is 0 Å². The molecular weight excluding hydrogens is 408 g/mol. The lowest BCUT2D eigenvalue weighted by Crippen LogP contribution is -2.39. The molecule has 3 atom stereocenters. The molecule has 0 spiro atoms. The fourth-order valence-electron chi connectivity index (χ4n) is 5.01. The highest BCUT2D eigenvalue weighted by atomic mass is 16.5. The summed E-state index contributed by atoms with van der Waals surface area (Å²) in [5, 5.41) is 0. The number of esters is 1. The average molecular weight is 432 g/mol. The monoisotopic (exact) mass is 432 g/mol. The normalized spacial score (nSPS) is 24.7. The number of rotatable bonds is 4. The highest BCUT2D eigenvalue weighted by Crippen LogP contribution is 2.47. The third kappa shape index (κ3) is 3.38. The summed E-state index contributed by atoms with van der Waals surface area (Å²) in [6.45, 7) is 0.301. The lowest BCUT2D eigenvalue weighted by molar-refractivity contribution is -0.135. The number of carbonyl (C=O) groups is 3. The van der Waals surface area contributed by atoms with Gasteiger partial charge in [-0.3, -0.25) is 14.6 Å². The van der Waals surface area contributed by atoms with E-state index < -0.39 is 12.0 Å². The Labute approximate surface area is 186 Å². The predicted molar refractivity (Wildman–Crippen MR) is 114 cm³/mol. The lowest BCUT2D eigenvalue weighted by atomic mass is 9.77. The molecule has 7 nitrogen and oxygen atoms in total. The van der Waals surface area contributed by atoms with E-state index in [-0.39, 0.29) is 29.5 Å². The van der Waals surface area contributed by atoms with E-state index in [1.165, 1.54) is 7.11 Å². The summed E-state index contributed by atoms with van der Waals surface area (Å²) in [4.78, 5) is 44.7. The van der Waals surface area contributed by atoms with Crippen LogP contribution in [0.3, 0.4) is 0 Å². The highest BCUT2D eigenvalue weighted by Gasteiger charge is 2.51. The van der Waals surface area contributed by atoms with Gasteiger partial charge in [0.05, 0.1) is 30.2 Å². The molecule has 3 heterocycles. The van der Waals surface area contributed by atoms with Crippen LogP contribution in [0.4, 0.5) is 0 Å². The Hall–Kier alpha value is -3.48. The number of amides is 1. The number of carbonyl (C=O) groups excluding carboxylic acids is 3. The maximum atomic E-state index is 13.6. The molecule has 0 bridgehead atoms. The third-order valence-electron chi connectivity index (χ3n) is 6.58. The fraction of sp³-hybridized carbons (Fsp3) is 0.360. The molecule has 32 heavy (non-hydrogen) atoms. The standard InChI is InChI=1S/C25H24N2O5/c1-31-25(30)17-10-8-16(9-11-17)21-20-22(28)18-6-2-3-7-19(18)32-23(20)24(29)27(21)14-15-5-4-12-26-13-15/h4-5,8-13,18-19,21H,2-3,6-7,14H2,1H3. The van der Waals surface area contributed by atoms with Crippen LogP contribution in [0.1, 0.15) is 53.2 Å². The van der Waals surface area contributed by atoms with Crippen LogP contribution < -0.4 is 0 Å². The minimum Gasteiger partial charge on any atom is -0.483 e. The zero-order chi connectivity index (χ0) is 22.2. The number of pyridine rings is 1. The van der Waals surface area contributed by atoms with Gasteiger partial charge in [0, 0.05) is 18.9 Å². The Morgan fingerprint density at radius 2 is 1.94 bits per heavy atom. The molecular formula is C25H24N2O5. The van der Waals surface area contributed by atoms with Crippen LogP contribution in [0.25, 0.3) is 0 Å². The van der Waals surface area contributed by atoms with Gasteiger partial charge >= 0.3 is 5.97 Å². The minimum atomic E-state index is -0.570. The van der Waals surface area contributed by atoms with E-state index in [1.807, 2.05) is 12.1 Å². The van der Waals surface area contributed by atoms with Crippen LogP contribution in [0.2, 0.25) is 0 Å². The zero-order valence-electron chi connectivity index (χ0n) is 17.8.